The summed E-state index contributed by atoms with van der Waals surface area (Å²) < 4.78 is 10.6. The van der Waals surface area contributed by atoms with Gasteiger partial charge < -0.3 is 19.5 Å². The standard InChI is InChI=1S/C13H16N2O4/c1-14-4-5-15(13(17)10(14)7-16)9-2-3-11-12(6-9)19-8-18-11/h2-3,6,10,16H,4-5,7-8H2,1H3. The molecular weight excluding hydrogens is 248 g/mol. The second-order valence-corrected chi connectivity index (χ2v) is 4.71. The molecular formula is C13H16N2O4. The van der Waals surface area contributed by atoms with Crippen LogP contribution in [0.1, 0.15) is 0 Å². The van der Waals surface area contributed by atoms with Crippen LogP contribution in [0.5, 0.6) is 11.5 Å². The maximum Gasteiger partial charge on any atom is 0.246 e. The van der Waals surface area contributed by atoms with Gasteiger partial charge in [-0.3, -0.25) is 9.69 Å². The van der Waals surface area contributed by atoms with Gasteiger partial charge in [-0.1, -0.05) is 0 Å². The maximum absolute atomic E-state index is 12.3. The molecule has 6 nitrogen and oxygen atoms in total. The highest BCUT2D eigenvalue weighted by Crippen LogP contribution is 2.36. The van der Waals surface area contributed by atoms with Crippen LogP contribution < -0.4 is 14.4 Å². The fraction of sp³-hybridized carbons (Fsp3) is 0.462. The van der Waals surface area contributed by atoms with Gasteiger partial charge in [0.2, 0.25) is 12.7 Å². The highest BCUT2D eigenvalue weighted by molar-refractivity contribution is 5.98. The highest BCUT2D eigenvalue weighted by atomic mass is 16.7. The molecule has 1 amide bonds. The smallest absolute Gasteiger partial charge is 0.246 e. The summed E-state index contributed by atoms with van der Waals surface area (Å²) in [7, 11) is 1.84. The van der Waals surface area contributed by atoms with Crippen molar-refractivity contribution in [3.05, 3.63) is 18.2 Å². The Balaban J connectivity index is 1.87. The molecule has 102 valence electrons. The van der Waals surface area contributed by atoms with E-state index in [0.29, 0.717) is 18.0 Å². The van der Waals surface area contributed by atoms with Gasteiger partial charge >= 0.3 is 0 Å². The van der Waals surface area contributed by atoms with Crippen LogP contribution in [0.15, 0.2) is 18.2 Å². The van der Waals surface area contributed by atoms with E-state index >= 15 is 0 Å². The number of fused-ring (bicyclic) bond motifs is 1. The summed E-state index contributed by atoms with van der Waals surface area (Å²) in [5.74, 6) is 1.27. The van der Waals surface area contributed by atoms with Gasteiger partial charge in [0.15, 0.2) is 11.5 Å². The van der Waals surface area contributed by atoms with Crippen LogP contribution in [0.2, 0.25) is 0 Å². The number of hydrogen-bond acceptors (Lipinski definition) is 5. The first-order chi connectivity index (χ1) is 9.20. The lowest BCUT2D eigenvalue weighted by Gasteiger charge is -2.37. The van der Waals surface area contributed by atoms with Gasteiger partial charge in [0, 0.05) is 24.8 Å². The van der Waals surface area contributed by atoms with Crippen LogP contribution >= 0.6 is 0 Å². The molecule has 0 aliphatic carbocycles. The van der Waals surface area contributed by atoms with E-state index in [-0.39, 0.29) is 19.3 Å². The van der Waals surface area contributed by atoms with E-state index in [1.54, 1.807) is 17.0 Å². The van der Waals surface area contributed by atoms with E-state index < -0.39 is 6.04 Å². The normalized spacial score (nSPS) is 22.9. The summed E-state index contributed by atoms with van der Waals surface area (Å²) >= 11 is 0. The fourth-order valence-electron chi connectivity index (χ4n) is 2.42. The number of hydrogen-bond donors (Lipinski definition) is 1. The van der Waals surface area contributed by atoms with Gasteiger partial charge in [-0.25, -0.2) is 0 Å². The van der Waals surface area contributed by atoms with E-state index in [4.69, 9.17) is 9.47 Å². The number of carbonyl (C=O) groups is 1. The third-order valence-corrected chi connectivity index (χ3v) is 3.60. The third kappa shape index (κ3) is 2.02. The molecule has 1 unspecified atom stereocenters. The Morgan fingerprint density at radius 1 is 1.32 bits per heavy atom. The van der Waals surface area contributed by atoms with Crippen LogP contribution in [0.4, 0.5) is 5.69 Å². The van der Waals surface area contributed by atoms with E-state index in [2.05, 4.69) is 0 Å². The molecule has 2 aliphatic rings. The zero-order valence-electron chi connectivity index (χ0n) is 10.7. The average Bonchev–Trinajstić information content (AvgIpc) is 2.86. The molecule has 0 aromatic heterocycles. The first kappa shape index (κ1) is 12.3. The lowest BCUT2D eigenvalue weighted by molar-refractivity contribution is -0.126. The summed E-state index contributed by atoms with van der Waals surface area (Å²) in [6.45, 7) is 1.38. The number of likely N-dealkylation sites (N-methyl/N-ethyl adjacent to an activating group) is 1. The van der Waals surface area contributed by atoms with Crippen molar-refractivity contribution >= 4 is 11.6 Å². The molecule has 3 rings (SSSR count). The molecule has 0 spiro atoms. The zero-order chi connectivity index (χ0) is 13.4. The number of nitrogens with zero attached hydrogens (tertiary/aromatic N) is 2. The number of carbonyl (C=O) groups excluding carboxylic acids is 1. The van der Waals surface area contributed by atoms with Gasteiger partial charge in [0.05, 0.1) is 6.61 Å². The monoisotopic (exact) mass is 264 g/mol. The van der Waals surface area contributed by atoms with Crippen molar-refractivity contribution in [3.8, 4) is 11.5 Å². The summed E-state index contributed by atoms with van der Waals surface area (Å²) in [4.78, 5) is 15.9. The van der Waals surface area contributed by atoms with Crippen molar-refractivity contribution in [2.24, 2.45) is 0 Å². The van der Waals surface area contributed by atoms with Gasteiger partial charge in [-0.05, 0) is 19.2 Å². The number of aliphatic hydroxyl groups is 1. The zero-order valence-corrected chi connectivity index (χ0v) is 10.7. The molecule has 1 N–H and O–H groups in total. The van der Waals surface area contributed by atoms with Crippen molar-refractivity contribution in [2.75, 3.05) is 38.4 Å². The first-order valence-corrected chi connectivity index (χ1v) is 6.23. The second kappa shape index (κ2) is 4.71. The topological polar surface area (TPSA) is 62.2 Å². The highest BCUT2D eigenvalue weighted by Gasteiger charge is 2.33. The van der Waals surface area contributed by atoms with Crippen LogP contribution in [-0.4, -0.2) is 55.5 Å². The Morgan fingerprint density at radius 3 is 2.89 bits per heavy atom. The Hall–Kier alpha value is -1.79. The Kier molecular flexibility index (Phi) is 3.04. The quantitative estimate of drug-likeness (QED) is 0.818. The van der Waals surface area contributed by atoms with Crippen LogP contribution in [0, 0.1) is 0 Å². The number of anilines is 1. The molecule has 2 aliphatic heterocycles. The number of aliphatic hydroxyl groups excluding tert-OH is 1. The fourth-order valence-corrected chi connectivity index (χ4v) is 2.42. The predicted octanol–water partition coefficient (Wildman–Crippen LogP) is 0.0546. The molecule has 1 fully saturated rings. The van der Waals surface area contributed by atoms with Crippen molar-refractivity contribution in [1.82, 2.24) is 4.90 Å². The first-order valence-electron chi connectivity index (χ1n) is 6.23. The SMILES string of the molecule is CN1CCN(c2ccc3c(c2)OCO3)C(=O)C1CO. The number of benzene rings is 1. The Labute approximate surface area is 111 Å². The van der Waals surface area contributed by atoms with Gasteiger partial charge in [0.25, 0.3) is 0 Å². The molecule has 1 aromatic carbocycles. The van der Waals surface area contributed by atoms with Crippen molar-refractivity contribution in [2.45, 2.75) is 6.04 Å². The molecule has 19 heavy (non-hydrogen) atoms. The van der Waals surface area contributed by atoms with Crippen molar-refractivity contribution in [1.29, 1.82) is 0 Å². The third-order valence-electron chi connectivity index (χ3n) is 3.60. The lowest BCUT2D eigenvalue weighted by Crippen LogP contribution is -2.57. The molecule has 2 heterocycles. The van der Waals surface area contributed by atoms with E-state index in [1.165, 1.54) is 0 Å². The van der Waals surface area contributed by atoms with Crippen LogP contribution in [-0.2, 0) is 4.79 Å². The number of rotatable bonds is 2. The minimum absolute atomic E-state index is 0.0879. The number of piperazine rings is 1. The summed E-state index contributed by atoms with van der Waals surface area (Å²) in [5, 5.41) is 9.32. The number of ether oxygens (including phenoxy) is 2. The van der Waals surface area contributed by atoms with Crippen molar-refractivity contribution < 1.29 is 19.4 Å². The van der Waals surface area contributed by atoms with Crippen LogP contribution in [0.3, 0.4) is 0 Å². The van der Waals surface area contributed by atoms with Gasteiger partial charge in [-0.2, -0.15) is 0 Å². The molecule has 1 saturated heterocycles. The average molecular weight is 264 g/mol. The molecule has 1 atom stereocenters. The van der Waals surface area contributed by atoms with E-state index in [1.807, 2.05) is 18.0 Å². The minimum Gasteiger partial charge on any atom is -0.454 e. The second-order valence-electron chi connectivity index (χ2n) is 4.71. The summed E-state index contributed by atoms with van der Waals surface area (Å²) in [6, 6.07) is 4.97. The molecule has 6 heteroatoms. The molecule has 0 saturated carbocycles. The summed E-state index contributed by atoms with van der Waals surface area (Å²) in [6.07, 6.45) is 0. The van der Waals surface area contributed by atoms with Crippen molar-refractivity contribution in [3.63, 3.8) is 0 Å². The maximum atomic E-state index is 12.3. The molecule has 0 bridgehead atoms. The van der Waals surface area contributed by atoms with Crippen LogP contribution in [0.25, 0.3) is 0 Å². The van der Waals surface area contributed by atoms with E-state index in [9.17, 15) is 9.90 Å². The minimum atomic E-state index is -0.473. The molecule has 1 aromatic rings. The molecule has 0 radical (unpaired) electrons. The largest absolute Gasteiger partial charge is 0.454 e. The van der Waals surface area contributed by atoms with Gasteiger partial charge in [0.1, 0.15) is 6.04 Å². The van der Waals surface area contributed by atoms with Gasteiger partial charge in [-0.15, -0.1) is 0 Å². The lowest BCUT2D eigenvalue weighted by atomic mass is 10.1. The Bertz CT molecular complexity index is 505. The van der Waals surface area contributed by atoms with E-state index in [0.717, 1.165) is 12.2 Å². The number of amides is 1. The predicted molar refractivity (Wildman–Crippen MR) is 68.4 cm³/mol. The summed E-state index contributed by atoms with van der Waals surface area (Å²) in [5.41, 5.74) is 0.779. The Morgan fingerprint density at radius 2 is 2.11 bits per heavy atom.